The van der Waals surface area contributed by atoms with Crippen LogP contribution in [0.25, 0.3) is 0 Å². The van der Waals surface area contributed by atoms with Gasteiger partial charge in [-0.3, -0.25) is 9.40 Å². The van der Waals surface area contributed by atoms with Gasteiger partial charge in [-0.05, 0) is 33.3 Å². The van der Waals surface area contributed by atoms with Crippen molar-refractivity contribution in [1.29, 1.82) is 0 Å². The first-order chi connectivity index (χ1) is 6.92. The summed E-state index contributed by atoms with van der Waals surface area (Å²) in [6.07, 6.45) is 3.04. The third-order valence-electron chi connectivity index (χ3n) is 2.01. The molecule has 86 valence electrons. The van der Waals surface area contributed by atoms with Gasteiger partial charge in [-0.1, -0.05) is 18.9 Å². The molecule has 0 fully saturated rings. The van der Waals surface area contributed by atoms with E-state index in [4.69, 9.17) is 0 Å². The summed E-state index contributed by atoms with van der Waals surface area (Å²) in [5.41, 5.74) is 1.12. The second kappa shape index (κ2) is 5.03. The zero-order valence-corrected chi connectivity index (χ0v) is 11.1. The Labute approximate surface area is 96.8 Å². The molecule has 15 heavy (non-hydrogen) atoms. The molecular weight excluding hydrogens is 206 g/mol. The van der Waals surface area contributed by atoms with E-state index < -0.39 is 0 Å². The number of hydrogen-bond donors (Lipinski definition) is 1. The summed E-state index contributed by atoms with van der Waals surface area (Å²) in [5.74, 6) is 0. The first-order valence-electron chi connectivity index (χ1n) is 5.35. The zero-order valence-electron chi connectivity index (χ0n) is 10.2. The van der Waals surface area contributed by atoms with E-state index in [1.165, 1.54) is 0 Å². The Morgan fingerprint density at radius 2 is 2.20 bits per heavy atom. The number of aryl methyl sites for hydroxylation is 1. The van der Waals surface area contributed by atoms with Crippen LogP contribution in [0.4, 0.5) is 0 Å². The van der Waals surface area contributed by atoms with Gasteiger partial charge in [0, 0.05) is 18.0 Å². The Kier molecular flexibility index (Phi) is 4.22. The van der Waals surface area contributed by atoms with E-state index in [9.17, 15) is 0 Å². The molecule has 0 saturated carbocycles. The fourth-order valence-electron chi connectivity index (χ4n) is 1.22. The highest BCUT2D eigenvalue weighted by molar-refractivity contribution is 7.98. The maximum absolute atomic E-state index is 4.42. The standard InChI is InChI=1S/C11H21N3S/c1-6-9(13-15-11(2,3)4)10-7-8-14(5)12-10/h7-9,13H,6H2,1-5H3. The molecule has 0 radical (unpaired) electrons. The van der Waals surface area contributed by atoms with Crippen LogP contribution in [-0.4, -0.2) is 14.5 Å². The highest BCUT2D eigenvalue weighted by atomic mass is 32.2. The Balaban J connectivity index is 2.57. The van der Waals surface area contributed by atoms with Crippen molar-refractivity contribution in [3.05, 3.63) is 18.0 Å². The predicted octanol–water partition coefficient (Wildman–Crippen LogP) is 2.91. The third-order valence-corrected chi connectivity index (χ3v) is 3.02. The number of nitrogens with zero attached hydrogens (tertiary/aromatic N) is 2. The van der Waals surface area contributed by atoms with Gasteiger partial charge in [0.15, 0.2) is 0 Å². The van der Waals surface area contributed by atoms with Crippen LogP contribution in [-0.2, 0) is 7.05 Å². The van der Waals surface area contributed by atoms with Crippen molar-refractivity contribution in [2.45, 2.75) is 44.9 Å². The van der Waals surface area contributed by atoms with E-state index >= 15 is 0 Å². The summed E-state index contributed by atoms with van der Waals surface area (Å²) in [5, 5.41) is 4.42. The molecule has 1 rings (SSSR count). The molecule has 1 heterocycles. The van der Waals surface area contributed by atoms with Crippen molar-refractivity contribution in [1.82, 2.24) is 14.5 Å². The van der Waals surface area contributed by atoms with Crippen LogP contribution < -0.4 is 4.72 Å². The minimum absolute atomic E-state index is 0.238. The van der Waals surface area contributed by atoms with Gasteiger partial charge < -0.3 is 0 Å². The Morgan fingerprint density at radius 1 is 1.53 bits per heavy atom. The first-order valence-corrected chi connectivity index (χ1v) is 6.17. The smallest absolute Gasteiger partial charge is 0.0802 e. The summed E-state index contributed by atoms with van der Waals surface area (Å²) in [4.78, 5) is 0. The molecular formula is C11H21N3S. The quantitative estimate of drug-likeness (QED) is 0.802. The van der Waals surface area contributed by atoms with Crippen molar-refractivity contribution < 1.29 is 0 Å². The molecule has 3 nitrogen and oxygen atoms in total. The molecule has 0 bridgehead atoms. The minimum atomic E-state index is 0.238. The first kappa shape index (κ1) is 12.6. The van der Waals surface area contributed by atoms with Crippen molar-refractivity contribution in [2.75, 3.05) is 0 Å². The highest BCUT2D eigenvalue weighted by Crippen LogP contribution is 2.25. The molecule has 0 spiro atoms. The normalized spacial score (nSPS) is 14.2. The molecule has 0 saturated heterocycles. The maximum Gasteiger partial charge on any atom is 0.0802 e. The number of hydrogen-bond acceptors (Lipinski definition) is 3. The predicted molar refractivity (Wildman–Crippen MR) is 66.7 cm³/mol. The molecule has 1 atom stereocenters. The van der Waals surface area contributed by atoms with Gasteiger partial charge in [0.2, 0.25) is 0 Å². The molecule has 1 aromatic rings. The van der Waals surface area contributed by atoms with E-state index in [1.807, 2.05) is 17.9 Å². The van der Waals surface area contributed by atoms with Gasteiger partial charge in [-0.15, -0.1) is 0 Å². The lowest BCUT2D eigenvalue weighted by atomic mass is 10.2. The topological polar surface area (TPSA) is 29.9 Å². The van der Waals surface area contributed by atoms with E-state index in [1.54, 1.807) is 11.9 Å². The van der Waals surface area contributed by atoms with Gasteiger partial charge >= 0.3 is 0 Å². The van der Waals surface area contributed by atoms with Crippen LogP contribution >= 0.6 is 11.9 Å². The second-order valence-electron chi connectivity index (χ2n) is 4.71. The Morgan fingerprint density at radius 3 is 2.60 bits per heavy atom. The molecule has 1 N–H and O–H groups in total. The highest BCUT2D eigenvalue weighted by Gasteiger charge is 2.16. The van der Waals surface area contributed by atoms with Crippen molar-refractivity contribution in [3.63, 3.8) is 0 Å². The lowest BCUT2D eigenvalue weighted by Gasteiger charge is -2.22. The molecule has 4 heteroatoms. The lowest BCUT2D eigenvalue weighted by Crippen LogP contribution is -2.21. The van der Waals surface area contributed by atoms with Crippen LogP contribution in [0, 0.1) is 0 Å². The second-order valence-corrected chi connectivity index (χ2v) is 6.37. The van der Waals surface area contributed by atoms with Crippen molar-refractivity contribution in [2.24, 2.45) is 7.05 Å². The van der Waals surface area contributed by atoms with Crippen LogP contribution in [0.2, 0.25) is 0 Å². The summed E-state index contributed by atoms with van der Waals surface area (Å²) < 4.78 is 5.57. The van der Waals surface area contributed by atoms with Crippen LogP contribution in [0.5, 0.6) is 0 Å². The number of aromatic nitrogens is 2. The van der Waals surface area contributed by atoms with Gasteiger partial charge in [0.25, 0.3) is 0 Å². The Hall–Kier alpha value is -0.480. The summed E-state index contributed by atoms with van der Waals surface area (Å²) in [7, 11) is 1.95. The van der Waals surface area contributed by atoms with Crippen LogP contribution in [0.1, 0.15) is 45.9 Å². The molecule has 1 unspecified atom stereocenters. The molecule has 0 aliphatic carbocycles. The summed E-state index contributed by atoms with van der Waals surface area (Å²) in [6.45, 7) is 8.79. The van der Waals surface area contributed by atoms with Crippen molar-refractivity contribution in [3.8, 4) is 0 Å². The van der Waals surface area contributed by atoms with Gasteiger partial charge in [-0.2, -0.15) is 5.10 Å². The van der Waals surface area contributed by atoms with Gasteiger partial charge in [-0.25, -0.2) is 0 Å². The van der Waals surface area contributed by atoms with Gasteiger partial charge in [0.05, 0.1) is 11.7 Å². The summed E-state index contributed by atoms with van der Waals surface area (Å²) in [6, 6.07) is 2.42. The SMILES string of the molecule is CCC(NSC(C)(C)C)c1ccn(C)n1. The molecule has 0 aliphatic heterocycles. The van der Waals surface area contributed by atoms with Crippen LogP contribution in [0.3, 0.4) is 0 Å². The number of rotatable bonds is 4. The molecule has 0 aliphatic rings. The lowest BCUT2D eigenvalue weighted by molar-refractivity contribution is 0.604. The van der Waals surface area contributed by atoms with E-state index in [2.05, 4.69) is 43.6 Å². The molecule has 0 amide bonds. The van der Waals surface area contributed by atoms with Crippen LogP contribution in [0.15, 0.2) is 12.3 Å². The average Bonchev–Trinajstić information content (AvgIpc) is 2.51. The average molecular weight is 227 g/mol. The molecule has 0 aromatic carbocycles. The zero-order chi connectivity index (χ0) is 11.5. The Bertz CT molecular complexity index is 301. The third kappa shape index (κ3) is 4.26. The fraction of sp³-hybridized carbons (Fsp3) is 0.727. The van der Waals surface area contributed by atoms with E-state index in [0.717, 1.165) is 12.1 Å². The fourth-order valence-corrected chi connectivity index (χ4v) is 2.00. The van der Waals surface area contributed by atoms with Gasteiger partial charge in [0.1, 0.15) is 0 Å². The van der Waals surface area contributed by atoms with E-state index in [-0.39, 0.29) is 4.75 Å². The van der Waals surface area contributed by atoms with Crippen molar-refractivity contribution >= 4 is 11.9 Å². The summed E-state index contributed by atoms with van der Waals surface area (Å²) >= 11 is 1.77. The number of nitrogens with one attached hydrogen (secondary N) is 1. The van der Waals surface area contributed by atoms with E-state index in [0.29, 0.717) is 6.04 Å². The largest absolute Gasteiger partial charge is 0.275 e. The monoisotopic (exact) mass is 227 g/mol. The molecule has 1 aromatic heterocycles. The minimum Gasteiger partial charge on any atom is -0.275 e. The maximum atomic E-state index is 4.42.